The largest absolute Gasteiger partial charge is 0.504 e. The molecule has 2 heterocycles. The number of benzene rings is 2. The highest BCUT2D eigenvalue weighted by atomic mass is 35.5. The van der Waals surface area contributed by atoms with E-state index in [1.165, 1.54) is 11.3 Å². The number of aryl methyl sites for hydroxylation is 1. The summed E-state index contributed by atoms with van der Waals surface area (Å²) in [5.41, 5.74) is 3.33. The van der Waals surface area contributed by atoms with Crippen LogP contribution in [0.2, 0.25) is 5.02 Å². The predicted octanol–water partition coefficient (Wildman–Crippen LogP) is 4.85. The summed E-state index contributed by atoms with van der Waals surface area (Å²) in [6.45, 7) is 2.57. The minimum atomic E-state index is 0.102. The Bertz CT molecular complexity index is 920. The fourth-order valence-electron chi connectivity index (χ4n) is 3.92. The molecule has 0 bridgehead atoms. The van der Waals surface area contributed by atoms with Gasteiger partial charge in [-0.3, -0.25) is 4.90 Å². The Morgan fingerprint density at radius 2 is 1.89 bits per heavy atom. The maximum absolute atomic E-state index is 10.6. The molecule has 0 radical (unpaired) electrons. The second kappa shape index (κ2) is 7.67. The minimum absolute atomic E-state index is 0.102. The van der Waals surface area contributed by atoms with Crippen LogP contribution in [0.1, 0.15) is 29.3 Å². The number of aromatic hydroxyl groups is 1. The Balaban J connectivity index is 1.74. The highest BCUT2D eigenvalue weighted by Crippen LogP contribution is 2.36. The van der Waals surface area contributed by atoms with E-state index in [0.29, 0.717) is 12.3 Å². The molecule has 5 heteroatoms. The van der Waals surface area contributed by atoms with Gasteiger partial charge >= 0.3 is 0 Å². The SMILES string of the molecule is COc1cccc(CN2CCCn3cccc3[C@H]2c2ccc(Cl)cc2)c1O. The van der Waals surface area contributed by atoms with Crippen LogP contribution in [-0.4, -0.2) is 28.2 Å². The summed E-state index contributed by atoms with van der Waals surface area (Å²) in [5, 5.41) is 11.3. The van der Waals surface area contributed by atoms with Gasteiger partial charge in [-0.15, -0.1) is 0 Å². The molecule has 0 fully saturated rings. The number of phenols is 1. The maximum Gasteiger partial charge on any atom is 0.162 e. The van der Waals surface area contributed by atoms with Gasteiger partial charge in [-0.2, -0.15) is 0 Å². The summed E-state index contributed by atoms with van der Waals surface area (Å²) in [5.74, 6) is 0.725. The Morgan fingerprint density at radius 3 is 2.67 bits per heavy atom. The number of para-hydroxylation sites is 1. The molecule has 0 saturated carbocycles. The third-order valence-corrected chi connectivity index (χ3v) is 5.47. The van der Waals surface area contributed by atoms with Crippen LogP contribution in [0.25, 0.3) is 0 Å². The van der Waals surface area contributed by atoms with E-state index in [1.54, 1.807) is 13.2 Å². The zero-order valence-corrected chi connectivity index (χ0v) is 16.1. The lowest BCUT2D eigenvalue weighted by Gasteiger charge is -2.31. The Morgan fingerprint density at radius 1 is 1.07 bits per heavy atom. The second-order valence-electron chi connectivity index (χ2n) is 6.87. The average molecular weight is 383 g/mol. The van der Waals surface area contributed by atoms with Gasteiger partial charge in [0.2, 0.25) is 0 Å². The monoisotopic (exact) mass is 382 g/mol. The van der Waals surface area contributed by atoms with Crippen molar-refractivity contribution >= 4 is 11.6 Å². The fourth-order valence-corrected chi connectivity index (χ4v) is 4.04. The molecular formula is C22H23ClN2O2. The lowest BCUT2D eigenvalue weighted by molar-refractivity contribution is 0.217. The number of fused-ring (bicyclic) bond motifs is 1. The van der Waals surface area contributed by atoms with Crippen LogP contribution in [0.3, 0.4) is 0 Å². The molecule has 0 spiro atoms. The third-order valence-electron chi connectivity index (χ3n) is 5.22. The molecule has 4 nitrogen and oxygen atoms in total. The first-order valence-corrected chi connectivity index (χ1v) is 9.54. The summed E-state index contributed by atoms with van der Waals surface area (Å²) < 4.78 is 7.60. The number of nitrogens with zero attached hydrogens (tertiary/aromatic N) is 2. The van der Waals surface area contributed by atoms with Crippen LogP contribution in [-0.2, 0) is 13.1 Å². The zero-order valence-electron chi connectivity index (χ0n) is 15.3. The van der Waals surface area contributed by atoms with E-state index in [9.17, 15) is 5.11 Å². The van der Waals surface area contributed by atoms with Gasteiger partial charge in [0.1, 0.15) is 0 Å². The molecule has 1 N–H and O–H groups in total. The van der Waals surface area contributed by atoms with E-state index < -0.39 is 0 Å². The van der Waals surface area contributed by atoms with Crippen LogP contribution >= 0.6 is 11.6 Å². The Labute approximate surface area is 164 Å². The van der Waals surface area contributed by atoms with Gasteiger partial charge in [-0.05, 0) is 42.3 Å². The van der Waals surface area contributed by atoms with E-state index in [4.69, 9.17) is 16.3 Å². The molecule has 4 rings (SSSR count). The summed E-state index contributed by atoms with van der Waals surface area (Å²) in [6, 6.07) is 18.1. The molecule has 27 heavy (non-hydrogen) atoms. The Kier molecular flexibility index (Phi) is 5.10. The van der Waals surface area contributed by atoms with Crippen molar-refractivity contribution < 1.29 is 9.84 Å². The van der Waals surface area contributed by atoms with Crippen LogP contribution in [0, 0.1) is 0 Å². The van der Waals surface area contributed by atoms with Crippen molar-refractivity contribution in [2.75, 3.05) is 13.7 Å². The molecule has 1 atom stereocenters. The molecule has 2 aromatic carbocycles. The van der Waals surface area contributed by atoms with Crippen molar-refractivity contribution in [1.82, 2.24) is 9.47 Å². The number of hydrogen-bond acceptors (Lipinski definition) is 3. The standard InChI is InChI=1S/C22H23ClN2O2/c1-27-20-7-2-5-17(22(20)26)15-25-14-4-13-24-12-3-6-19(24)21(25)16-8-10-18(23)11-9-16/h2-3,5-12,21,26H,4,13-15H2,1H3/t21-/m1/s1. The van der Waals surface area contributed by atoms with Crippen molar-refractivity contribution in [3.8, 4) is 11.5 Å². The number of phenolic OH excluding ortho intramolecular Hbond substituents is 1. The van der Waals surface area contributed by atoms with Gasteiger partial charge < -0.3 is 14.4 Å². The topological polar surface area (TPSA) is 37.6 Å². The van der Waals surface area contributed by atoms with E-state index in [2.05, 4.69) is 39.9 Å². The summed E-state index contributed by atoms with van der Waals surface area (Å²) in [6.07, 6.45) is 3.20. The van der Waals surface area contributed by atoms with Crippen LogP contribution in [0.15, 0.2) is 60.8 Å². The van der Waals surface area contributed by atoms with E-state index in [-0.39, 0.29) is 11.8 Å². The smallest absolute Gasteiger partial charge is 0.162 e. The number of halogens is 1. The highest BCUT2D eigenvalue weighted by molar-refractivity contribution is 6.30. The quantitative estimate of drug-likeness (QED) is 0.700. The van der Waals surface area contributed by atoms with E-state index in [0.717, 1.165) is 30.1 Å². The number of rotatable bonds is 4. The minimum Gasteiger partial charge on any atom is -0.504 e. The Hall–Kier alpha value is -2.43. The number of methoxy groups -OCH3 is 1. The molecule has 0 unspecified atom stereocenters. The van der Waals surface area contributed by atoms with E-state index in [1.807, 2.05) is 24.3 Å². The van der Waals surface area contributed by atoms with E-state index >= 15 is 0 Å². The number of hydrogen-bond donors (Lipinski definition) is 1. The van der Waals surface area contributed by atoms with Crippen LogP contribution < -0.4 is 4.74 Å². The fraction of sp³-hybridized carbons (Fsp3) is 0.273. The molecule has 0 saturated heterocycles. The first-order valence-electron chi connectivity index (χ1n) is 9.17. The predicted molar refractivity (Wildman–Crippen MR) is 107 cm³/mol. The zero-order chi connectivity index (χ0) is 18.8. The molecule has 1 aliphatic rings. The second-order valence-corrected chi connectivity index (χ2v) is 7.31. The van der Waals surface area contributed by atoms with Crippen LogP contribution in [0.4, 0.5) is 0 Å². The van der Waals surface area contributed by atoms with Crippen molar-refractivity contribution in [1.29, 1.82) is 0 Å². The maximum atomic E-state index is 10.6. The number of aromatic nitrogens is 1. The third kappa shape index (κ3) is 3.55. The van der Waals surface area contributed by atoms with Crippen molar-refractivity contribution in [2.24, 2.45) is 0 Å². The summed E-state index contributed by atoms with van der Waals surface area (Å²) >= 11 is 6.12. The molecule has 0 aliphatic carbocycles. The van der Waals surface area contributed by atoms with Gasteiger partial charge in [0.05, 0.1) is 13.2 Å². The molecule has 3 aromatic rings. The average Bonchev–Trinajstić information content (AvgIpc) is 3.06. The van der Waals surface area contributed by atoms with Gasteiger partial charge in [-0.1, -0.05) is 35.9 Å². The summed E-state index contributed by atoms with van der Waals surface area (Å²) in [7, 11) is 1.58. The first-order chi connectivity index (χ1) is 13.2. The molecule has 1 aliphatic heterocycles. The lowest BCUT2D eigenvalue weighted by Crippen LogP contribution is -2.29. The van der Waals surface area contributed by atoms with Crippen molar-refractivity contribution in [2.45, 2.75) is 25.6 Å². The molecule has 1 aromatic heterocycles. The van der Waals surface area contributed by atoms with Gasteiger partial charge in [-0.25, -0.2) is 0 Å². The van der Waals surface area contributed by atoms with Crippen LogP contribution in [0.5, 0.6) is 11.5 Å². The van der Waals surface area contributed by atoms with Gasteiger partial charge in [0, 0.05) is 42.1 Å². The van der Waals surface area contributed by atoms with Gasteiger partial charge in [0.15, 0.2) is 11.5 Å². The molecule has 140 valence electrons. The highest BCUT2D eigenvalue weighted by Gasteiger charge is 2.28. The van der Waals surface area contributed by atoms with Crippen molar-refractivity contribution in [3.63, 3.8) is 0 Å². The first kappa shape index (κ1) is 18.0. The molecule has 0 amide bonds. The normalized spacial score (nSPS) is 17.3. The lowest BCUT2D eigenvalue weighted by atomic mass is 10.0. The van der Waals surface area contributed by atoms with Crippen molar-refractivity contribution in [3.05, 3.63) is 82.6 Å². The summed E-state index contributed by atoms with van der Waals surface area (Å²) in [4.78, 5) is 2.41. The number of ether oxygens (including phenoxy) is 1. The molecular weight excluding hydrogens is 360 g/mol. The van der Waals surface area contributed by atoms with Gasteiger partial charge in [0.25, 0.3) is 0 Å².